The molecule has 1 aliphatic heterocycles. The number of sulfonamides is 1. The van der Waals surface area contributed by atoms with Gasteiger partial charge in [0.1, 0.15) is 0 Å². The summed E-state index contributed by atoms with van der Waals surface area (Å²) in [5, 5.41) is 10.3. The third-order valence-electron chi connectivity index (χ3n) is 5.49. The van der Waals surface area contributed by atoms with Crippen molar-refractivity contribution >= 4 is 27.7 Å². The molecule has 0 spiro atoms. The van der Waals surface area contributed by atoms with Crippen LogP contribution in [0.1, 0.15) is 31.7 Å². The number of nitrogens with two attached hydrogens (primary N) is 1. The molecule has 3 rings (SSSR count). The molecule has 0 bridgehead atoms. The summed E-state index contributed by atoms with van der Waals surface area (Å²) in [5.74, 6) is 0.542. The van der Waals surface area contributed by atoms with Crippen molar-refractivity contribution in [2.24, 2.45) is 10.7 Å². The molecule has 1 saturated heterocycles. The molecule has 32 heavy (non-hydrogen) atoms. The van der Waals surface area contributed by atoms with Crippen LogP contribution in [0, 0.1) is 0 Å². The molecule has 0 saturated carbocycles. The van der Waals surface area contributed by atoms with Crippen LogP contribution in [0.25, 0.3) is 0 Å². The Morgan fingerprint density at radius 3 is 2.81 bits per heavy atom. The van der Waals surface area contributed by atoms with Crippen molar-refractivity contribution in [1.82, 2.24) is 9.88 Å². The monoisotopic (exact) mass is 457 g/mol. The number of pyridine rings is 1. The summed E-state index contributed by atoms with van der Waals surface area (Å²) in [4.78, 5) is 10.6. The Morgan fingerprint density at radius 2 is 2.16 bits per heavy atom. The second-order valence-corrected chi connectivity index (χ2v) is 10.4. The van der Waals surface area contributed by atoms with E-state index in [9.17, 15) is 13.5 Å². The van der Waals surface area contributed by atoms with Crippen LogP contribution < -0.4 is 10.5 Å². The lowest BCUT2D eigenvalue weighted by Crippen LogP contribution is -2.43. The average Bonchev–Trinajstić information content (AvgIpc) is 2.77. The topological polar surface area (TPSA) is 121 Å². The van der Waals surface area contributed by atoms with Gasteiger partial charge in [-0.1, -0.05) is 18.2 Å². The van der Waals surface area contributed by atoms with E-state index in [1.807, 2.05) is 36.4 Å². The maximum absolute atomic E-state index is 12.2. The Bertz CT molecular complexity index is 1050. The van der Waals surface area contributed by atoms with Gasteiger partial charge in [-0.2, -0.15) is 0 Å². The van der Waals surface area contributed by atoms with Crippen molar-refractivity contribution < 1.29 is 13.5 Å². The predicted molar refractivity (Wildman–Crippen MR) is 129 cm³/mol. The van der Waals surface area contributed by atoms with Gasteiger partial charge in [0.2, 0.25) is 10.0 Å². The van der Waals surface area contributed by atoms with Crippen LogP contribution in [0.3, 0.4) is 0 Å². The van der Waals surface area contributed by atoms with Gasteiger partial charge in [0, 0.05) is 37.1 Å². The van der Waals surface area contributed by atoms with Gasteiger partial charge >= 0.3 is 0 Å². The lowest BCUT2D eigenvalue weighted by molar-refractivity contribution is 0.0564. The molecule has 9 heteroatoms. The Balaban J connectivity index is 1.62. The van der Waals surface area contributed by atoms with Crippen LogP contribution in [0.2, 0.25) is 0 Å². The average molecular weight is 458 g/mol. The molecule has 4 N–H and O–H groups in total. The molecule has 0 amide bonds. The van der Waals surface area contributed by atoms with Gasteiger partial charge in [0.05, 0.1) is 11.4 Å². The zero-order valence-corrected chi connectivity index (χ0v) is 19.2. The molecule has 2 atom stereocenters. The Labute approximate surface area is 189 Å². The molecule has 2 aromatic rings. The minimum atomic E-state index is -3.42. The number of hydrogen-bond donors (Lipinski definition) is 3. The van der Waals surface area contributed by atoms with Crippen molar-refractivity contribution in [2.75, 3.05) is 24.4 Å². The smallest absolute Gasteiger partial charge is 0.235 e. The summed E-state index contributed by atoms with van der Waals surface area (Å²) < 4.78 is 27.0. The van der Waals surface area contributed by atoms with Crippen molar-refractivity contribution in [1.29, 1.82) is 0 Å². The highest BCUT2D eigenvalue weighted by atomic mass is 32.2. The zero-order valence-electron chi connectivity index (χ0n) is 18.4. The number of likely N-dealkylation sites (tertiary alicyclic amines) is 1. The third kappa shape index (κ3) is 6.38. The molecule has 0 radical (unpaired) electrons. The first-order valence-corrected chi connectivity index (χ1v) is 12.2. The molecule has 0 unspecified atom stereocenters. The number of hydrogen-bond acceptors (Lipinski definition) is 7. The number of nitrogens with zero attached hydrogens (tertiary/aromatic N) is 3. The van der Waals surface area contributed by atoms with E-state index < -0.39 is 21.4 Å². The summed E-state index contributed by atoms with van der Waals surface area (Å²) in [6.07, 6.45) is 5.08. The summed E-state index contributed by atoms with van der Waals surface area (Å²) in [6.45, 7) is 5.11. The molecule has 2 heterocycles. The quantitative estimate of drug-likeness (QED) is 0.524. The Hall–Kier alpha value is -2.75. The molecule has 1 aromatic heterocycles. The number of aromatic nitrogens is 1. The molecular weight excluding hydrogens is 426 g/mol. The molecule has 1 aliphatic rings. The van der Waals surface area contributed by atoms with Gasteiger partial charge in [-0.05, 0) is 68.4 Å². The van der Waals surface area contributed by atoms with E-state index in [0.717, 1.165) is 24.1 Å². The molecule has 1 fully saturated rings. The molecule has 172 valence electrons. The summed E-state index contributed by atoms with van der Waals surface area (Å²) >= 11 is 0. The molecular formula is C23H31N5O3S. The zero-order chi connectivity index (χ0) is 23.1. The molecule has 8 nitrogen and oxygen atoms in total. The number of β-amino-alcohol motifs (C(OH)–C–C–N with tert-alkyl or cyclic N) is 1. The summed E-state index contributed by atoms with van der Waals surface area (Å²) in [5.41, 5.74) is 8.06. The van der Waals surface area contributed by atoms with Gasteiger partial charge in [-0.3, -0.25) is 9.62 Å². The maximum Gasteiger partial charge on any atom is 0.235 e. The Morgan fingerprint density at radius 1 is 1.34 bits per heavy atom. The lowest BCUT2D eigenvalue weighted by atomic mass is 9.87. The number of benzene rings is 1. The van der Waals surface area contributed by atoms with Crippen molar-refractivity contribution in [3.63, 3.8) is 0 Å². The third-order valence-corrected chi connectivity index (χ3v) is 7.26. The number of aliphatic hydroxyl groups excluding tert-OH is 1. The first-order valence-electron chi connectivity index (χ1n) is 10.7. The van der Waals surface area contributed by atoms with Crippen LogP contribution in [0.4, 0.5) is 11.5 Å². The number of anilines is 1. The maximum atomic E-state index is 12.2. The van der Waals surface area contributed by atoms with Crippen LogP contribution in [-0.4, -0.2) is 60.6 Å². The fraction of sp³-hybridized carbons (Fsp3) is 0.391. The fourth-order valence-electron chi connectivity index (χ4n) is 3.62. The van der Waals surface area contributed by atoms with Crippen LogP contribution in [0.5, 0.6) is 0 Å². The normalized spacial score (nSPS) is 20.7. The number of rotatable bonds is 8. The number of nitrogens with one attached hydrogen (secondary N) is 1. The highest BCUT2D eigenvalue weighted by Gasteiger charge is 2.29. The largest absolute Gasteiger partial charge is 0.404 e. The second-order valence-electron chi connectivity index (χ2n) is 8.21. The van der Waals surface area contributed by atoms with Crippen LogP contribution in [0.15, 0.2) is 65.4 Å². The fourth-order valence-corrected chi connectivity index (χ4v) is 4.31. The number of aliphatic imine (C=N–C) groups is 1. The first kappa shape index (κ1) is 23.9. The van der Waals surface area contributed by atoms with E-state index in [2.05, 4.69) is 19.6 Å². The van der Waals surface area contributed by atoms with E-state index in [1.54, 1.807) is 32.3 Å². The van der Waals surface area contributed by atoms with Gasteiger partial charge < -0.3 is 10.8 Å². The van der Waals surface area contributed by atoms with E-state index in [-0.39, 0.29) is 5.92 Å². The van der Waals surface area contributed by atoms with Gasteiger partial charge in [0.15, 0.2) is 5.82 Å². The molecule has 0 aliphatic carbocycles. The minimum absolute atomic E-state index is 0.0674. The van der Waals surface area contributed by atoms with Crippen molar-refractivity contribution in [2.45, 2.75) is 37.5 Å². The van der Waals surface area contributed by atoms with Crippen LogP contribution >= 0.6 is 0 Å². The van der Waals surface area contributed by atoms with Gasteiger partial charge in [0.25, 0.3) is 0 Å². The van der Waals surface area contributed by atoms with E-state index in [4.69, 9.17) is 5.73 Å². The number of piperidine rings is 1. The number of aliphatic hydroxyl groups is 1. The lowest BCUT2D eigenvalue weighted by Gasteiger charge is -2.36. The van der Waals surface area contributed by atoms with E-state index in [1.165, 1.54) is 6.20 Å². The standard InChI is InChI=1S/C23H31N5O3S/c1-17(2)32(30,31)27-20-7-5-6-19(12-20)21-9-11-28(16-22(21)29)15-18(13-24)14-26-23-8-3-4-10-25-23/h3-8,10,12-14,17,21-22,27,29H,9,11,15-16,24H2,1-2H3/t21-,22-/m0/s1. The van der Waals surface area contributed by atoms with E-state index in [0.29, 0.717) is 24.6 Å². The SMILES string of the molecule is CC(C)S(=O)(=O)Nc1cccc([C@@H]2CCN(CC(C=Nc3ccccn3)=CN)C[C@@H]2O)c1. The predicted octanol–water partition coefficient (Wildman–Crippen LogP) is 2.63. The molecule has 1 aromatic carbocycles. The van der Waals surface area contributed by atoms with Crippen molar-refractivity contribution in [3.05, 3.63) is 66.0 Å². The first-order chi connectivity index (χ1) is 15.3. The summed E-state index contributed by atoms with van der Waals surface area (Å²) in [6, 6.07) is 12.8. The van der Waals surface area contributed by atoms with Crippen molar-refractivity contribution in [3.8, 4) is 0 Å². The summed E-state index contributed by atoms with van der Waals surface area (Å²) in [7, 11) is -3.42. The van der Waals surface area contributed by atoms with E-state index >= 15 is 0 Å². The van der Waals surface area contributed by atoms with Crippen LogP contribution in [-0.2, 0) is 10.0 Å². The Kier molecular flexibility index (Phi) is 8.00. The highest BCUT2D eigenvalue weighted by molar-refractivity contribution is 7.93. The highest BCUT2D eigenvalue weighted by Crippen LogP contribution is 2.30. The second kappa shape index (κ2) is 10.7. The van der Waals surface area contributed by atoms with Gasteiger partial charge in [-0.15, -0.1) is 0 Å². The minimum Gasteiger partial charge on any atom is -0.404 e. The van der Waals surface area contributed by atoms with Gasteiger partial charge in [-0.25, -0.2) is 18.4 Å².